The largest absolute Gasteiger partial charge is 0.506 e. The first-order valence-electron chi connectivity index (χ1n) is 9.89. The third kappa shape index (κ3) is 6.52. The molecule has 0 aliphatic heterocycles. The number of rotatable bonds is 10. The maximum absolute atomic E-state index is 10.9. The van der Waals surface area contributed by atoms with Crippen molar-refractivity contribution in [3.05, 3.63) is 29.8 Å². The standard InChI is InChI=1S/C21H32O5/c1-2-3-4-5-6-7-16-25-18-10-8-17(9-11-18)21(24)14-12-19(13-15-21)26-20(22)23/h8-11,19,24H,2-7,12-16H2,1H3,(H,22,23). The third-order valence-electron chi connectivity index (χ3n) is 5.19. The van der Waals surface area contributed by atoms with Crippen molar-refractivity contribution in [2.45, 2.75) is 82.8 Å². The minimum Gasteiger partial charge on any atom is -0.494 e. The van der Waals surface area contributed by atoms with E-state index < -0.39 is 11.8 Å². The molecule has 1 aliphatic rings. The average molecular weight is 364 g/mol. The Hall–Kier alpha value is -1.75. The van der Waals surface area contributed by atoms with Crippen molar-refractivity contribution in [3.8, 4) is 5.75 Å². The second-order valence-corrected chi connectivity index (χ2v) is 7.26. The monoisotopic (exact) mass is 364 g/mol. The summed E-state index contributed by atoms with van der Waals surface area (Å²) in [5, 5.41) is 19.5. The zero-order valence-electron chi connectivity index (χ0n) is 15.8. The summed E-state index contributed by atoms with van der Waals surface area (Å²) < 4.78 is 10.6. The van der Waals surface area contributed by atoms with Gasteiger partial charge in [-0.15, -0.1) is 0 Å². The van der Waals surface area contributed by atoms with Crippen molar-refractivity contribution in [2.75, 3.05) is 6.61 Å². The Morgan fingerprint density at radius 2 is 1.69 bits per heavy atom. The first kappa shape index (κ1) is 20.6. The fourth-order valence-electron chi connectivity index (χ4n) is 3.55. The Morgan fingerprint density at radius 1 is 1.08 bits per heavy atom. The number of carboxylic acid groups (broad SMARTS) is 1. The quantitative estimate of drug-likeness (QED) is 0.438. The molecule has 1 aromatic carbocycles. The molecular weight excluding hydrogens is 332 g/mol. The molecule has 0 bridgehead atoms. The molecule has 0 spiro atoms. The topological polar surface area (TPSA) is 76.0 Å². The van der Waals surface area contributed by atoms with E-state index in [-0.39, 0.29) is 6.10 Å². The Labute approximate surface area is 156 Å². The lowest BCUT2D eigenvalue weighted by molar-refractivity contribution is -0.0481. The van der Waals surface area contributed by atoms with Gasteiger partial charge in [0, 0.05) is 0 Å². The molecule has 0 atom stereocenters. The average Bonchev–Trinajstić information content (AvgIpc) is 2.63. The van der Waals surface area contributed by atoms with Crippen LogP contribution in [-0.2, 0) is 10.3 Å². The van der Waals surface area contributed by atoms with Crippen LogP contribution in [0, 0.1) is 0 Å². The first-order valence-corrected chi connectivity index (χ1v) is 9.89. The van der Waals surface area contributed by atoms with Crippen LogP contribution in [0.2, 0.25) is 0 Å². The van der Waals surface area contributed by atoms with Gasteiger partial charge in [0.2, 0.25) is 0 Å². The molecule has 5 nitrogen and oxygen atoms in total. The lowest BCUT2D eigenvalue weighted by atomic mass is 9.78. The Balaban J connectivity index is 1.74. The van der Waals surface area contributed by atoms with Gasteiger partial charge in [-0.25, -0.2) is 4.79 Å². The summed E-state index contributed by atoms with van der Waals surface area (Å²) in [6.45, 7) is 2.95. The lowest BCUT2D eigenvalue weighted by Gasteiger charge is -2.35. The van der Waals surface area contributed by atoms with Crippen LogP contribution in [0.1, 0.15) is 76.7 Å². The molecule has 1 aromatic rings. The summed E-state index contributed by atoms with van der Waals surface area (Å²) in [6, 6.07) is 7.64. The molecule has 2 N–H and O–H groups in total. The van der Waals surface area contributed by atoms with Crippen molar-refractivity contribution in [1.29, 1.82) is 0 Å². The molecule has 0 heterocycles. The minimum absolute atomic E-state index is 0.312. The summed E-state index contributed by atoms with van der Waals surface area (Å²) in [4.78, 5) is 10.6. The molecule has 1 aliphatic carbocycles. The Bertz CT molecular complexity index is 532. The van der Waals surface area contributed by atoms with Crippen LogP contribution in [0.15, 0.2) is 24.3 Å². The zero-order valence-corrected chi connectivity index (χ0v) is 15.8. The van der Waals surface area contributed by atoms with Crippen molar-refractivity contribution in [3.63, 3.8) is 0 Å². The summed E-state index contributed by atoms with van der Waals surface area (Å²) >= 11 is 0. The van der Waals surface area contributed by atoms with Crippen molar-refractivity contribution in [1.82, 2.24) is 0 Å². The van der Waals surface area contributed by atoms with E-state index in [0.29, 0.717) is 25.7 Å². The van der Waals surface area contributed by atoms with E-state index >= 15 is 0 Å². The predicted molar refractivity (Wildman–Crippen MR) is 101 cm³/mol. The summed E-state index contributed by atoms with van der Waals surface area (Å²) in [7, 11) is 0. The molecular formula is C21H32O5. The number of ether oxygens (including phenoxy) is 2. The molecule has 0 aromatic heterocycles. The fraction of sp³-hybridized carbons (Fsp3) is 0.667. The molecule has 2 rings (SSSR count). The smallest absolute Gasteiger partial charge is 0.494 e. The minimum atomic E-state index is -1.24. The van der Waals surface area contributed by atoms with Gasteiger partial charge in [-0.05, 0) is 49.8 Å². The van der Waals surface area contributed by atoms with Crippen LogP contribution in [0.4, 0.5) is 4.79 Å². The first-order chi connectivity index (χ1) is 12.5. The second kappa shape index (κ2) is 10.4. The van der Waals surface area contributed by atoms with Crippen LogP contribution < -0.4 is 4.74 Å². The van der Waals surface area contributed by atoms with Crippen LogP contribution in [-0.4, -0.2) is 29.1 Å². The van der Waals surface area contributed by atoms with E-state index in [1.165, 1.54) is 32.1 Å². The van der Waals surface area contributed by atoms with Gasteiger partial charge < -0.3 is 19.7 Å². The van der Waals surface area contributed by atoms with Crippen molar-refractivity contribution < 1.29 is 24.5 Å². The highest BCUT2D eigenvalue weighted by Gasteiger charge is 2.36. The predicted octanol–water partition coefficient (Wildman–Crippen LogP) is 5.25. The van der Waals surface area contributed by atoms with Gasteiger partial charge in [-0.2, -0.15) is 0 Å². The lowest BCUT2D eigenvalue weighted by Crippen LogP contribution is -2.35. The van der Waals surface area contributed by atoms with Crippen LogP contribution in [0.25, 0.3) is 0 Å². The molecule has 26 heavy (non-hydrogen) atoms. The molecule has 0 radical (unpaired) electrons. The maximum atomic E-state index is 10.9. The maximum Gasteiger partial charge on any atom is 0.506 e. The van der Waals surface area contributed by atoms with Gasteiger partial charge in [0.1, 0.15) is 11.9 Å². The Morgan fingerprint density at radius 3 is 2.31 bits per heavy atom. The van der Waals surface area contributed by atoms with Gasteiger partial charge in [0.05, 0.1) is 12.2 Å². The van der Waals surface area contributed by atoms with Gasteiger partial charge in [0.25, 0.3) is 0 Å². The van der Waals surface area contributed by atoms with E-state index in [1.807, 2.05) is 24.3 Å². The van der Waals surface area contributed by atoms with E-state index in [4.69, 9.17) is 14.6 Å². The Kier molecular flexibility index (Phi) is 8.23. The second-order valence-electron chi connectivity index (χ2n) is 7.26. The molecule has 0 unspecified atom stereocenters. The molecule has 1 saturated carbocycles. The number of benzene rings is 1. The summed E-state index contributed by atoms with van der Waals surface area (Å²) in [5.41, 5.74) is -0.0471. The van der Waals surface area contributed by atoms with Crippen molar-refractivity contribution >= 4 is 6.16 Å². The van der Waals surface area contributed by atoms with E-state index in [9.17, 15) is 9.90 Å². The molecule has 5 heteroatoms. The normalized spacial score (nSPS) is 22.8. The third-order valence-corrected chi connectivity index (χ3v) is 5.19. The van der Waals surface area contributed by atoms with Gasteiger partial charge in [-0.1, -0.05) is 51.2 Å². The van der Waals surface area contributed by atoms with Crippen LogP contribution in [0.5, 0.6) is 5.75 Å². The number of unbranched alkanes of at least 4 members (excludes halogenated alkanes) is 5. The molecule has 146 valence electrons. The number of aliphatic hydroxyl groups is 1. The van der Waals surface area contributed by atoms with Crippen LogP contribution >= 0.6 is 0 Å². The summed E-state index contributed by atoms with van der Waals surface area (Å²) in [6.07, 6.45) is 7.97. The summed E-state index contributed by atoms with van der Waals surface area (Å²) in [5.74, 6) is 0.828. The van der Waals surface area contributed by atoms with E-state index in [0.717, 1.165) is 24.3 Å². The number of hydrogen-bond acceptors (Lipinski definition) is 4. The highest BCUT2D eigenvalue weighted by molar-refractivity contribution is 5.57. The van der Waals surface area contributed by atoms with Gasteiger partial charge in [-0.3, -0.25) is 0 Å². The molecule has 1 fully saturated rings. The molecule has 0 amide bonds. The SMILES string of the molecule is CCCCCCCCOc1ccc(C2(O)CCC(OC(=O)O)CC2)cc1. The van der Waals surface area contributed by atoms with Crippen molar-refractivity contribution in [2.24, 2.45) is 0 Å². The van der Waals surface area contributed by atoms with E-state index in [1.54, 1.807) is 0 Å². The fourth-order valence-corrected chi connectivity index (χ4v) is 3.55. The van der Waals surface area contributed by atoms with Gasteiger partial charge >= 0.3 is 6.16 Å². The highest BCUT2D eigenvalue weighted by atomic mass is 16.7. The number of carbonyl (C=O) groups is 1. The molecule has 0 saturated heterocycles. The van der Waals surface area contributed by atoms with E-state index in [2.05, 4.69) is 6.92 Å². The highest BCUT2D eigenvalue weighted by Crippen LogP contribution is 2.38. The number of hydrogen-bond donors (Lipinski definition) is 2. The zero-order chi connectivity index (χ0) is 18.8. The van der Waals surface area contributed by atoms with Gasteiger partial charge in [0.15, 0.2) is 0 Å². The van der Waals surface area contributed by atoms with Crippen LogP contribution in [0.3, 0.4) is 0 Å².